The molecule has 3 amide bonds. The number of carbonyl (C=O) groups excluding carboxylic acids is 3. The minimum Gasteiger partial charge on any atom is -0.390 e. The van der Waals surface area contributed by atoms with Gasteiger partial charge in [0, 0.05) is 18.8 Å². The van der Waals surface area contributed by atoms with Crippen molar-refractivity contribution in [1.29, 1.82) is 0 Å². The van der Waals surface area contributed by atoms with E-state index in [4.69, 9.17) is 4.84 Å². The molecule has 1 atom stereocenters. The number of para-hydroxylation sites is 1. The molecule has 1 unspecified atom stereocenters. The van der Waals surface area contributed by atoms with Crippen molar-refractivity contribution in [2.75, 3.05) is 18.0 Å². The molecule has 0 aromatic heterocycles. The first-order valence-corrected chi connectivity index (χ1v) is 14.5. The number of fused-ring (bicyclic) bond motifs is 1. The summed E-state index contributed by atoms with van der Waals surface area (Å²) in [7, 11) is 0. The first-order valence-electron chi connectivity index (χ1n) is 14.5. The zero-order valence-electron chi connectivity index (χ0n) is 25.1. The average molecular weight is 569 g/mol. The molecule has 0 fully saturated rings. The van der Waals surface area contributed by atoms with Gasteiger partial charge in [-0.15, -0.1) is 0 Å². The zero-order chi connectivity index (χ0) is 30.3. The van der Waals surface area contributed by atoms with Crippen LogP contribution in [-0.2, 0) is 16.2 Å². The van der Waals surface area contributed by atoms with E-state index in [1.807, 2.05) is 76.2 Å². The lowest BCUT2D eigenvalue weighted by Crippen LogP contribution is -2.60. The maximum absolute atomic E-state index is 14.5. The van der Waals surface area contributed by atoms with Crippen molar-refractivity contribution in [2.45, 2.75) is 66.0 Å². The standard InChI is InChI=1S/C34H40N4O4/c1-6-37(30-24(2)15-14-16-25(30)3)33(41)34(5,38-31(39)28-19-10-11-20-29(28)32(38)40)21-12-13-22-35-26(4)36-42-23-27-17-8-7-9-18-27/h7-11,14-20H,6,12-13,21-23H2,1-5H3,(H,35,36). The summed E-state index contributed by atoms with van der Waals surface area (Å²) in [4.78, 5) is 50.0. The van der Waals surface area contributed by atoms with Gasteiger partial charge in [0.05, 0.1) is 11.1 Å². The van der Waals surface area contributed by atoms with Crippen molar-refractivity contribution in [3.63, 3.8) is 0 Å². The Morgan fingerprint density at radius 3 is 2.10 bits per heavy atom. The number of anilines is 1. The van der Waals surface area contributed by atoms with E-state index < -0.39 is 17.4 Å². The SMILES string of the molecule is CCN(C(=O)C(C)(CCCCNC(C)=NOCc1ccccc1)N1C(=O)c2ccccc2C1=O)c1c(C)cccc1C. The maximum atomic E-state index is 14.5. The molecular weight excluding hydrogens is 528 g/mol. The van der Waals surface area contributed by atoms with E-state index in [9.17, 15) is 14.4 Å². The Kier molecular flexibility index (Phi) is 9.78. The van der Waals surface area contributed by atoms with Crippen LogP contribution < -0.4 is 10.2 Å². The molecule has 4 rings (SSSR count). The number of nitrogens with zero attached hydrogens (tertiary/aromatic N) is 3. The van der Waals surface area contributed by atoms with Gasteiger partial charge in [-0.05, 0) is 82.7 Å². The lowest BCUT2D eigenvalue weighted by molar-refractivity contribution is -0.127. The summed E-state index contributed by atoms with van der Waals surface area (Å²) in [6, 6.07) is 22.5. The minimum atomic E-state index is -1.38. The molecule has 0 bridgehead atoms. The van der Waals surface area contributed by atoms with Gasteiger partial charge in [-0.1, -0.05) is 65.8 Å². The molecule has 1 N–H and O–H groups in total. The predicted molar refractivity (Wildman–Crippen MR) is 165 cm³/mol. The zero-order valence-corrected chi connectivity index (χ0v) is 25.1. The Balaban J connectivity index is 1.49. The number of nitrogens with one attached hydrogen (secondary N) is 1. The number of benzene rings is 3. The monoisotopic (exact) mass is 568 g/mol. The molecule has 42 heavy (non-hydrogen) atoms. The van der Waals surface area contributed by atoms with Crippen molar-refractivity contribution in [1.82, 2.24) is 10.2 Å². The van der Waals surface area contributed by atoms with Crippen LogP contribution in [0.25, 0.3) is 0 Å². The highest BCUT2D eigenvalue weighted by Gasteiger charge is 2.51. The van der Waals surface area contributed by atoms with Gasteiger partial charge in [0.2, 0.25) is 0 Å². The van der Waals surface area contributed by atoms with Crippen LogP contribution in [0.15, 0.2) is 78.0 Å². The number of hydrogen-bond donors (Lipinski definition) is 1. The first-order chi connectivity index (χ1) is 20.2. The van der Waals surface area contributed by atoms with E-state index in [0.717, 1.165) is 22.4 Å². The van der Waals surface area contributed by atoms with E-state index in [1.165, 1.54) is 4.90 Å². The van der Waals surface area contributed by atoms with Gasteiger partial charge >= 0.3 is 0 Å². The third-order valence-electron chi connectivity index (χ3n) is 7.77. The van der Waals surface area contributed by atoms with Crippen LogP contribution in [0.2, 0.25) is 0 Å². The topological polar surface area (TPSA) is 91.3 Å². The highest BCUT2D eigenvalue weighted by atomic mass is 16.6. The summed E-state index contributed by atoms with van der Waals surface area (Å²) >= 11 is 0. The van der Waals surface area contributed by atoms with E-state index in [1.54, 1.807) is 36.1 Å². The predicted octanol–water partition coefficient (Wildman–Crippen LogP) is 6.02. The van der Waals surface area contributed by atoms with Gasteiger partial charge in [-0.2, -0.15) is 0 Å². The van der Waals surface area contributed by atoms with Gasteiger partial charge in [0.1, 0.15) is 18.0 Å². The first kappa shape index (κ1) is 30.5. The summed E-state index contributed by atoms with van der Waals surface area (Å²) in [5.74, 6) is -0.476. The van der Waals surface area contributed by atoms with Crippen LogP contribution in [0.4, 0.5) is 5.69 Å². The molecule has 220 valence electrons. The number of carbonyl (C=O) groups is 3. The smallest absolute Gasteiger partial charge is 0.262 e. The second kappa shape index (κ2) is 13.5. The normalized spacial score (nSPS) is 14.4. The average Bonchev–Trinajstić information content (AvgIpc) is 3.25. The Morgan fingerprint density at radius 1 is 0.905 bits per heavy atom. The molecule has 0 aliphatic carbocycles. The molecular formula is C34H40N4O4. The Hall–Kier alpha value is -4.46. The number of unbranched alkanes of at least 4 members (excludes halogenated alkanes) is 1. The van der Waals surface area contributed by atoms with E-state index in [2.05, 4.69) is 10.5 Å². The number of hydrogen-bond acceptors (Lipinski definition) is 5. The summed E-state index contributed by atoms with van der Waals surface area (Å²) in [5, 5.41) is 7.37. The summed E-state index contributed by atoms with van der Waals surface area (Å²) < 4.78 is 0. The third kappa shape index (κ3) is 6.38. The maximum Gasteiger partial charge on any atom is 0.262 e. The second-order valence-electron chi connectivity index (χ2n) is 10.9. The number of rotatable bonds is 12. The highest BCUT2D eigenvalue weighted by Crippen LogP contribution is 2.36. The Bertz CT molecular complexity index is 1410. The summed E-state index contributed by atoms with van der Waals surface area (Å²) in [5.41, 5.74) is 3.07. The van der Waals surface area contributed by atoms with Gasteiger partial charge in [-0.25, -0.2) is 0 Å². The van der Waals surface area contributed by atoms with Crippen molar-refractivity contribution >= 4 is 29.2 Å². The number of oxime groups is 1. The number of aryl methyl sites for hydroxylation is 2. The van der Waals surface area contributed by atoms with Gasteiger partial charge < -0.3 is 15.1 Å². The van der Waals surface area contributed by atoms with Crippen LogP contribution in [0.5, 0.6) is 0 Å². The fraction of sp³-hybridized carbons (Fsp3) is 0.353. The van der Waals surface area contributed by atoms with Crippen molar-refractivity contribution in [2.24, 2.45) is 5.16 Å². The summed E-state index contributed by atoms with van der Waals surface area (Å²) in [6.45, 7) is 10.8. The fourth-order valence-corrected chi connectivity index (χ4v) is 5.55. The molecule has 3 aromatic rings. The number of imide groups is 1. The second-order valence-corrected chi connectivity index (χ2v) is 10.9. The molecule has 1 aliphatic rings. The quantitative estimate of drug-likeness (QED) is 0.0949. The lowest BCUT2D eigenvalue weighted by Gasteiger charge is -2.40. The van der Waals surface area contributed by atoms with Gasteiger partial charge in [0.25, 0.3) is 17.7 Å². The third-order valence-corrected chi connectivity index (χ3v) is 7.77. The molecule has 3 aromatic carbocycles. The number of amides is 3. The Morgan fingerprint density at radius 2 is 1.50 bits per heavy atom. The minimum absolute atomic E-state index is 0.267. The highest BCUT2D eigenvalue weighted by molar-refractivity contribution is 6.24. The number of amidine groups is 1. The molecule has 8 heteroatoms. The molecule has 0 radical (unpaired) electrons. The van der Waals surface area contributed by atoms with Gasteiger partial charge in [-0.3, -0.25) is 19.3 Å². The largest absolute Gasteiger partial charge is 0.390 e. The van der Waals surface area contributed by atoms with Crippen LogP contribution >= 0.6 is 0 Å². The van der Waals surface area contributed by atoms with Crippen molar-refractivity contribution in [3.8, 4) is 0 Å². The van der Waals surface area contributed by atoms with Crippen LogP contribution in [-0.4, -0.2) is 47.1 Å². The van der Waals surface area contributed by atoms with E-state index in [-0.39, 0.29) is 5.91 Å². The molecule has 1 aliphatic heterocycles. The van der Waals surface area contributed by atoms with E-state index in [0.29, 0.717) is 55.9 Å². The molecule has 0 saturated carbocycles. The van der Waals surface area contributed by atoms with Crippen LogP contribution in [0.1, 0.15) is 77.4 Å². The van der Waals surface area contributed by atoms with Crippen molar-refractivity contribution in [3.05, 3.63) is 101 Å². The fourth-order valence-electron chi connectivity index (χ4n) is 5.55. The lowest BCUT2D eigenvalue weighted by atomic mass is 9.89. The molecule has 0 saturated heterocycles. The van der Waals surface area contributed by atoms with E-state index >= 15 is 0 Å². The Labute approximate surface area is 248 Å². The molecule has 0 spiro atoms. The van der Waals surface area contributed by atoms with Gasteiger partial charge in [0.15, 0.2) is 0 Å². The molecule has 1 heterocycles. The van der Waals surface area contributed by atoms with Crippen molar-refractivity contribution < 1.29 is 19.2 Å². The van der Waals surface area contributed by atoms with Crippen LogP contribution in [0, 0.1) is 13.8 Å². The summed E-state index contributed by atoms with van der Waals surface area (Å²) in [6.07, 6.45) is 1.62. The molecule has 8 nitrogen and oxygen atoms in total. The number of likely N-dealkylation sites (N-methyl/N-ethyl adjacent to an activating group) is 1. The van der Waals surface area contributed by atoms with Crippen LogP contribution in [0.3, 0.4) is 0 Å².